The highest BCUT2D eigenvalue weighted by atomic mass is 32.1. The molecular weight excluding hydrogens is 404 g/mol. The van der Waals surface area contributed by atoms with Crippen molar-refractivity contribution in [2.75, 3.05) is 14.2 Å². The predicted molar refractivity (Wildman–Crippen MR) is 116 cm³/mol. The van der Waals surface area contributed by atoms with Crippen LogP contribution in [-0.4, -0.2) is 25.6 Å². The van der Waals surface area contributed by atoms with Crippen molar-refractivity contribution in [2.24, 2.45) is 5.92 Å². The van der Waals surface area contributed by atoms with Crippen LogP contribution < -0.4 is 0 Å². The van der Waals surface area contributed by atoms with Gasteiger partial charge in [0.1, 0.15) is 11.5 Å². The summed E-state index contributed by atoms with van der Waals surface area (Å²) in [5.74, 6) is -4.10. The van der Waals surface area contributed by atoms with Crippen LogP contribution in [0.15, 0.2) is 72.5 Å². The topological polar surface area (TPSA) is 18.5 Å². The first-order valence-electron chi connectivity index (χ1n) is 8.89. The van der Waals surface area contributed by atoms with Crippen LogP contribution in [-0.2, 0) is 9.47 Å². The van der Waals surface area contributed by atoms with E-state index in [0.717, 1.165) is 26.0 Å². The largest absolute Gasteiger partial charge is 0.494 e. The number of halogens is 4. The molecular formula is C22H32F4O2S. The van der Waals surface area contributed by atoms with Crippen LogP contribution >= 0.6 is 12.6 Å². The van der Waals surface area contributed by atoms with Crippen LogP contribution in [0.5, 0.6) is 0 Å². The molecule has 0 radical (unpaired) electrons. The number of thiol groups is 1. The van der Waals surface area contributed by atoms with Gasteiger partial charge in [0.2, 0.25) is 5.83 Å². The molecule has 3 unspecified atom stereocenters. The summed E-state index contributed by atoms with van der Waals surface area (Å²) in [4.78, 5) is 0. The molecule has 0 bridgehead atoms. The monoisotopic (exact) mass is 436 g/mol. The number of rotatable bonds is 11. The molecule has 0 aliphatic heterocycles. The molecule has 0 amide bonds. The minimum atomic E-state index is -1.33. The molecule has 0 aliphatic rings. The van der Waals surface area contributed by atoms with E-state index >= 15 is 0 Å². The van der Waals surface area contributed by atoms with Crippen molar-refractivity contribution in [3.8, 4) is 0 Å². The highest BCUT2D eigenvalue weighted by molar-refractivity contribution is 7.80. The van der Waals surface area contributed by atoms with Gasteiger partial charge in [0.25, 0.3) is 0 Å². The first kappa shape index (κ1) is 29.3. The lowest BCUT2D eigenvalue weighted by molar-refractivity contribution is 0.250. The molecule has 0 N–H and O–H groups in total. The van der Waals surface area contributed by atoms with E-state index in [0.29, 0.717) is 5.25 Å². The number of allylic oxidation sites excluding steroid dienone is 6. The Balaban J connectivity index is 0. The average molecular weight is 437 g/mol. The Morgan fingerprint density at radius 3 is 1.76 bits per heavy atom. The van der Waals surface area contributed by atoms with Crippen LogP contribution in [0.4, 0.5) is 17.6 Å². The Labute approximate surface area is 177 Å². The van der Waals surface area contributed by atoms with E-state index in [1.807, 2.05) is 13.8 Å². The molecule has 0 aromatic heterocycles. The van der Waals surface area contributed by atoms with Gasteiger partial charge in [0, 0.05) is 5.57 Å². The molecule has 0 aromatic carbocycles. The number of hydrogen-bond donors (Lipinski definition) is 1. The Morgan fingerprint density at radius 1 is 0.897 bits per heavy atom. The first-order valence-corrected chi connectivity index (χ1v) is 9.41. The SMILES string of the molecule is C=C(/C=C(/F)C(=C)OC)C(=C)/C(F)=C(/F)C(=C)OC.CC(S)CCC(C)C(C)F. The van der Waals surface area contributed by atoms with Crippen molar-refractivity contribution < 1.29 is 27.0 Å². The fourth-order valence-corrected chi connectivity index (χ4v) is 1.79. The van der Waals surface area contributed by atoms with E-state index < -0.39 is 35.0 Å². The summed E-state index contributed by atoms with van der Waals surface area (Å²) in [5, 5.41) is 0.404. The van der Waals surface area contributed by atoms with Gasteiger partial charge in [-0.15, -0.1) is 0 Å². The zero-order valence-corrected chi connectivity index (χ0v) is 18.7. The quantitative estimate of drug-likeness (QED) is 0.156. The van der Waals surface area contributed by atoms with Gasteiger partial charge in [-0.3, -0.25) is 0 Å². The second kappa shape index (κ2) is 15.0. The molecule has 166 valence electrons. The number of methoxy groups -OCH3 is 2. The van der Waals surface area contributed by atoms with Crippen LogP contribution in [0, 0.1) is 5.92 Å². The highest BCUT2D eigenvalue weighted by Gasteiger charge is 2.16. The molecule has 0 heterocycles. The van der Waals surface area contributed by atoms with Gasteiger partial charge < -0.3 is 9.47 Å². The fraction of sp³-hybridized carbons (Fsp3) is 0.455. The molecule has 0 saturated heterocycles. The van der Waals surface area contributed by atoms with Crippen molar-refractivity contribution in [2.45, 2.75) is 45.0 Å². The highest BCUT2D eigenvalue weighted by Crippen LogP contribution is 2.27. The van der Waals surface area contributed by atoms with Gasteiger partial charge in [0.05, 0.1) is 20.4 Å². The summed E-state index contributed by atoms with van der Waals surface area (Å²) < 4.78 is 61.8. The normalized spacial score (nSPS) is 15.0. The zero-order chi connectivity index (χ0) is 23.3. The Hall–Kier alpha value is -1.89. The molecule has 29 heavy (non-hydrogen) atoms. The Morgan fingerprint density at radius 2 is 1.38 bits per heavy atom. The third-order valence-corrected chi connectivity index (χ3v) is 4.23. The summed E-state index contributed by atoms with van der Waals surface area (Å²) in [6.45, 7) is 18.7. The molecule has 0 aliphatic carbocycles. The van der Waals surface area contributed by atoms with Crippen molar-refractivity contribution in [3.05, 3.63) is 72.5 Å². The van der Waals surface area contributed by atoms with Crippen molar-refractivity contribution in [1.82, 2.24) is 0 Å². The second-order valence-electron chi connectivity index (χ2n) is 6.46. The molecule has 0 aromatic rings. The maximum Gasteiger partial charge on any atom is 0.200 e. The van der Waals surface area contributed by atoms with Gasteiger partial charge in [-0.1, -0.05) is 40.2 Å². The molecule has 0 spiro atoms. The summed E-state index contributed by atoms with van der Waals surface area (Å²) in [6.07, 6.45) is 2.12. The van der Waals surface area contributed by atoms with Crippen LogP contribution in [0.3, 0.4) is 0 Å². The van der Waals surface area contributed by atoms with E-state index in [9.17, 15) is 17.6 Å². The lowest BCUT2D eigenvalue weighted by Gasteiger charge is -2.12. The summed E-state index contributed by atoms with van der Waals surface area (Å²) in [6, 6.07) is 0. The predicted octanol–water partition coefficient (Wildman–Crippen LogP) is 7.50. The summed E-state index contributed by atoms with van der Waals surface area (Å²) >= 11 is 4.22. The number of hydrogen-bond acceptors (Lipinski definition) is 3. The molecule has 7 heteroatoms. The maximum atomic E-state index is 13.6. The van der Waals surface area contributed by atoms with Gasteiger partial charge in [-0.05, 0) is 42.6 Å². The molecule has 0 saturated carbocycles. The summed E-state index contributed by atoms with van der Waals surface area (Å²) in [7, 11) is 2.35. The average Bonchev–Trinajstić information content (AvgIpc) is 2.68. The zero-order valence-electron chi connectivity index (χ0n) is 17.8. The van der Waals surface area contributed by atoms with Crippen molar-refractivity contribution >= 4 is 12.6 Å². The smallest absolute Gasteiger partial charge is 0.200 e. The van der Waals surface area contributed by atoms with Crippen LogP contribution in [0.2, 0.25) is 0 Å². The van der Waals surface area contributed by atoms with E-state index in [4.69, 9.17) is 0 Å². The third-order valence-electron chi connectivity index (χ3n) is 3.97. The molecule has 2 nitrogen and oxygen atoms in total. The molecule has 0 fully saturated rings. The van der Waals surface area contributed by atoms with E-state index in [2.05, 4.69) is 48.4 Å². The third kappa shape index (κ3) is 12.3. The number of alkyl halides is 1. The maximum absolute atomic E-state index is 13.6. The molecule has 3 atom stereocenters. The van der Waals surface area contributed by atoms with E-state index in [-0.39, 0.29) is 17.3 Å². The minimum Gasteiger partial charge on any atom is -0.494 e. The van der Waals surface area contributed by atoms with E-state index in [1.54, 1.807) is 6.92 Å². The number of ether oxygens (including phenoxy) is 2. The fourth-order valence-electron chi connectivity index (χ4n) is 1.64. The lowest BCUT2D eigenvalue weighted by Crippen LogP contribution is -2.09. The van der Waals surface area contributed by atoms with Crippen LogP contribution in [0.25, 0.3) is 0 Å². The lowest BCUT2D eigenvalue weighted by atomic mass is 10.0. The van der Waals surface area contributed by atoms with Gasteiger partial charge in [0.15, 0.2) is 11.7 Å². The van der Waals surface area contributed by atoms with Crippen LogP contribution in [0.1, 0.15) is 33.6 Å². The second-order valence-corrected chi connectivity index (χ2v) is 7.34. The van der Waals surface area contributed by atoms with Crippen molar-refractivity contribution in [1.29, 1.82) is 0 Å². The Kier molecular flexibility index (Phi) is 15.2. The molecule has 0 rings (SSSR count). The standard InChI is InChI=1S/C14H15F3O2.C8H17FS/c1-8(7-12(15)10(3)18-5)9(2)13(16)14(17)11(4)19-6;1-6(8(3)9)4-5-7(2)10/h7H,1-4H2,5-6H3;6-8,10H,4-5H2,1-3H3/b12-7+,14-13-;. The Bertz CT molecular complexity index is 649. The summed E-state index contributed by atoms with van der Waals surface area (Å²) in [5.41, 5.74) is -0.609. The van der Waals surface area contributed by atoms with Gasteiger partial charge in [-0.2, -0.15) is 17.0 Å². The van der Waals surface area contributed by atoms with Gasteiger partial charge >= 0.3 is 0 Å². The van der Waals surface area contributed by atoms with Crippen molar-refractivity contribution in [3.63, 3.8) is 0 Å². The first-order chi connectivity index (χ1) is 13.3. The van der Waals surface area contributed by atoms with Gasteiger partial charge in [-0.25, -0.2) is 13.2 Å². The van der Waals surface area contributed by atoms with E-state index in [1.165, 1.54) is 7.11 Å². The minimum absolute atomic E-state index is 0.174.